The third kappa shape index (κ3) is 5.17. The molecule has 0 radical (unpaired) electrons. The Kier molecular flexibility index (Phi) is 6.60. The molecule has 0 amide bonds. The summed E-state index contributed by atoms with van der Waals surface area (Å²) in [5.41, 5.74) is 3.36. The number of unbranched alkanes of at least 4 members (excludes halogenated alkanes) is 1. The van der Waals surface area contributed by atoms with Crippen molar-refractivity contribution in [2.24, 2.45) is 4.99 Å². The first kappa shape index (κ1) is 19.1. The molecular formula is C22H21BrN2O2. The first-order chi connectivity index (χ1) is 13.2. The molecule has 0 spiro atoms. The summed E-state index contributed by atoms with van der Waals surface area (Å²) in [6.45, 7) is 2.52. The number of aliphatic imine (C=N–C) groups is 1. The topological polar surface area (TPSA) is 43.6 Å². The summed E-state index contributed by atoms with van der Waals surface area (Å²) in [6, 6.07) is 19.2. The maximum atomic E-state index is 11.9. The molecule has 0 unspecified atom stereocenters. The second-order valence-corrected chi connectivity index (χ2v) is 6.99. The summed E-state index contributed by atoms with van der Waals surface area (Å²) < 4.78 is 8.32. The second kappa shape index (κ2) is 9.33. The molecule has 0 aliphatic rings. The molecule has 138 valence electrons. The molecule has 0 saturated carbocycles. The van der Waals surface area contributed by atoms with Crippen molar-refractivity contribution in [3.05, 3.63) is 82.6 Å². The molecule has 1 aromatic heterocycles. The lowest BCUT2D eigenvalue weighted by Crippen LogP contribution is -2.05. The third-order valence-electron chi connectivity index (χ3n) is 4.07. The number of aromatic nitrogens is 1. The van der Waals surface area contributed by atoms with Gasteiger partial charge in [-0.25, -0.2) is 4.79 Å². The van der Waals surface area contributed by atoms with Crippen molar-refractivity contribution in [1.29, 1.82) is 0 Å². The van der Waals surface area contributed by atoms with E-state index in [4.69, 9.17) is 4.74 Å². The van der Waals surface area contributed by atoms with Crippen LogP contribution in [-0.2, 0) is 4.74 Å². The van der Waals surface area contributed by atoms with Gasteiger partial charge in [-0.05, 0) is 67.1 Å². The molecule has 0 fully saturated rings. The van der Waals surface area contributed by atoms with Crippen LogP contribution in [0, 0.1) is 0 Å². The van der Waals surface area contributed by atoms with E-state index >= 15 is 0 Å². The van der Waals surface area contributed by atoms with Crippen molar-refractivity contribution >= 4 is 33.8 Å². The van der Waals surface area contributed by atoms with Crippen molar-refractivity contribution in [2.75, 3.05) is 6.61 Å². The van der Waals surface area contributed by atoms with Gasteiger partial charge in [-0.2, -0.15) is 0 Å². The molecule has 0 saturated heterocycles. The van der Waals surface area contributed by atoms with Crippen LogP contribution in [0.25, 0.3) is 5.69 Å². The van der Waals surface area contributed by atoms with Crippen LogP contribution in [0.1, 0.15) is 35.8 Å². The summed E-state index contributed by atoms with van der Waals surface area (Å²) in [6.07, 6.45) is 5.70. The van der Waals surface area contributed by atoms with Gasteiger partial charge in [0.15, 0.2) is 0 Å². The van der Waals surface area contributed by atoms with Crippen molar-refractivity contribution in [1.82, 2.24) is 4.57 Å². The lowest BCUT2D eigenvalue weighted by molar-refractivity contribution is 0.0500. The Morgan fingerprint density at radius 2 is 1.85 bits per heavy atom. The molecule has 1 heterocycles. The van der Waals surface area contributed by atoms with E-state index in [0.717, 1.165) is 34.4 Å². The predicted octanol–water partition coefficient (Wildman–Crippen LogP) is 5.95. The zero-order chi connectivity index (χ0) is 19.1. The molecule has 3 rings (SSSR count). The smallest absolute Gasteiger partial charge is 0.338 e. The van der Waals surface area contributed by atoms with Gasteiger partial charge in [0.1, 0.15) is 0 Å². The summed E-state index contributed by atoms with van der Waals surface area (Å²) in [5, 5.41) is 0. The Bertz CT molecular complexity index is 912. The largest absolute Gasteiger partial charge is 0.462 e. The molecule has 4 nitrogen and oxygen atoms in total. The Morgan fingerprint density at radius 3 is 2.56 bits per heavy atom. The molecule has 0 aliphatic carbocycles. The Balaban J connectivity index is 1.69. The average Bonchev–Trinajstić information content (AvgIpc) is 3.16. The fraction of sp³-hybridized carbons (Fsp3) is 0.182. The highest BCUT2D eigenvalue weighted by molar-refractivity contribution is 9.10. The van der Waals surface area contributed by atoms with Gasteiger partial charge in [0.25, 0.3) is 0 Å². The van der Waals surface area contributed by atoms with Crippen molar-refractivity contribution in [2.45, 2.75) is 19.8 Å². The van der Waals surface area contributed by atoms with Crippen molar-refractivity contribution < 1.29 is 9.53 Å². The van der Waals surface area contributed by atoms with Crippen LogP contribution >= 0.6 is 15.9 Å². The molecule has 0 atom stereocenters. The van der Waals surface area contributed by atoms with E-state index in [0.29, 0.717) is 12.2 Å². The van der Waals surface area contributed by atoms with Gasteiger partial charge in [0.05, 0.1) is 29.8 Å². The van der Waals surface area contributed by atoms with Crippen LogP contribution in [0.2, 0.25) is 0 Å². The van der Waals surface area contributed by atoms with E-state index in [-0.39, 0.29) is 5.97 Å². The molecule has 3 aromatic rings. The van der Waals surface area contributed by atoms with Crippen molar-refractivity contribution in [3.8, 4) is 5.69 Å². The summed E-state index contributed by atoms with van der Waals surface area (Å²) in [7, 11) is 0. The van der Waals surface area contributed by atoms with E-state index in [1.165, 1.54) is 0 Å². The first-order valence-electron chi connectivity index (χ1n) is 8.92. The normalized spacial score (nSPS) is 11.0. The molecule has 0 bridgehead atoms. The number of hydrogen-bond donors (Lipinski definition) is 0. The highest BCUT2D eigenvalue weighted by atomic mass is 79.9. The van der Waals surface area contributed by atoms with Crippen LogP contribution in [0.5, 0.6) is 0 Å². The maximum absolute atomic E-state index is 11.9. The van der Waals surface area contributed by atoms with Gasteiger partial charge in [0, 0.05) is 16.4 Å². The van der Waals surface area contributed by atoms with E-state index in [1.807, 2.05) is 60.9 Å². The summed E-state index contributed by atoms with van der Waals surface area (Å²) >= 11 is 3.45. The standard InChI is InChI=1S/C22H21BrN2O2/c1-2-3-15-27-22(26)17-6-10-19(11-7-17)24-16-21-5-4-14-25(21)20-12-8-18(23)9-13-20/h4-14,16H,2-3,15H2,1H3. The minimum absolute atomic E-state index is 0.289. The van der Waals surface area contributed by atoms with Crippen LogP contribution < -0.4 is 0 Å². The minimum Gasteiger partial charge on any atom is -0.462 e. The SMILES string of the molecule is CCCCOC(=O)c1ccc(N=Cc2cccn2-c2ccc(Br)cc2)cc1. The Labute approximate surface area is 167 Å². The number of benzene rings is 2. The van der Waals surface area contributed by atoms with E-state index in [9.17, 15) is 4.79 Å². The maximum Gasteiger partial charge on any atom is 0.338 e. The average molecular weight is 425 g/mol. The minimum atomic E-state index is -0.289. The van der Waals surface area contributed by atoms with Crippen LogP contribution in [-0.4, -0.2) is 23.4 Å². The molecule has 0 N–H and O–H groups in total. The van der Waals surface area contributed by atoms with Gasteiger partial charge < -0.3 is 9.30 Å². The highest BCUT2D eigenvalue weighted by Gasteiger charge is 2.06. The number of carbonyl (C=O) groups excluding carboxylic acids is 1. The predicted molar refractivity (Wildman–Crippen MR) is 112 cm³/mol. The van der Waals surface area contributed by atoms with Gasteiger partial charge in [-0.15, -0.1) is 0 Å². The molecule has 27 heavy (non-hydrogen) atoms. The van der Waals surface area contributed by atoms with Gasteiger partial charge in [0.2, 0.25) is 0 Å². The van der Waals surface area contributed by atoms with E-state index < -0.39 is 0 Å². The lowest BCUT2D eigenvalue weighted by atomic mass is 10.2. The summed E-state index contributed by atoms with van der Waals surface area (Å²) in [4.78, 5) is 16.5. The third-order valence-corrected chi connectivity index (χ3v) is 4.59. The number of ether oxygens (including phenoxy) is 1. The molecular weight excluding hydrogens is 404 g/mol. The van der Waals surface area contributed by atoms with Crippen LogP contribution in [0.15, 0.2) is 76.3 Å². The zero-order valence-corrected chi connectivity index (χ0v) is 16.7. The molecule has 2 aromatic carbocycles. The van der Waals surface area contributed by atoms with Crippen LogP contribution in [0.4, 0.5) is 5.69 Å². The highest BCUT2D eigenvalue weighted by Crippen LogP contribution is 2.18. The zero-order valence-electron chi connectivity index (χ0n) is 15.1. The quantitative estimate of drug-likeness (QED) is 0.267. The van der Waals surface area contributed by atoms with Crippen molar-refractivity contribution in [3.63, 3.8) is 0 Å². The number of esters is 1. The van der Waals surface area contributed by atoms with Crippen LogP contribution in [0.3, 0.4) is 0 Å². The number of hydrogen-bond acceptors (Lipinski definition) is 3. The Hall–Kier alpha value is -2.66. The Morgan fingerprint density at radius 1 is 1.11 bits per heavy atom. The van der Waals surface area contributed by atoms with Gasteiger partial charge in [-0.3, -0.25) is 4.99 Å². The fourth-order valence-electron chi connectivity index (χ4n) is 2.55. The van der Waals surface area contributed by atoms with Gasteiger partial charge >= 0.3 is 5.97 Å². The summed E-state index contributed by atoms with van der Waals surface area (Å²) in [5.74, 6) is -0.289. The van der Waals surface area contributed by atoms with E-state index in [2.05, 4.69) is 32.4 Å². The first-order valence-corrected chi connectivity index (χ1v) is 9.71. The fourth-order valence-corrected chi connectivity index (χ4v) is 2.82. The monoisotopic (exact) mass is 424 g/mol. The number of nitrogens with zero attached hydrogens (tertiary/aromatic N) is 2. The second-order valence-electron chi connectivity index (χ2n) is 6.07. The number of rotatable bonds is 7. The lowest BCUT2D eigenvalue weighted by Gasteiger charge is -2.06. The van der Waals surface area contributed by atoms with Gasteiger partial charge in [-0.1, -0.05) is 29.3 Å². The van der Waals surface area contributed by atoms with E-state index in [1.54, 1.807) is 12.1 Å². The number of carbonyl (C=O) groups is 1. The molecule has 5 heteroatoms. The molecule has 0 aliphatic heterocycles. The number of halogens is 1.